The van der Waals surface area contributed by atoms with Crippen molar-refractivity contribution in [1.82, 2.24) is 0 Å². The van der Waals surface area contributed by atoms with Crippen molar-refractivity contribution in [2.24, 2.45) is 5.92 Å². The molecule has 1 aromatic rings. The molecule has 0 saturated heterocycles. The number of rotatable bonds is 10. The normalized spacial score (nSPS) is 12.3. The van der Waals surface area contributed by atoms with Crippen LogP contribution in [-0.2, 0) is 11.2 Å². The molecule has 1 unspecified atom stereocenters. The summed E-state index contributed by atoms with van der Waals surface area (Å²) in [6.07, 6.45) is 8.21. The zero-order valence-corrected chi connectivity index (χ0v) is 12.0. The third-order valence-corrected chi connectivity index (χ3v) is 3.62. The van der Waals surface area contributed by atoms with Crippen molar-refractivity contribution in [3.8, 4) is 0 Å². The van der Waals surface area contributed by atoms with Gasteiger partial charge in [-0.1, -0.05) is 62.9 Å². The molecule has 0 fully saturated rings. The molecule has 2 heteroatoms. The van der Waals surface area contributed by atoms with Gasteiger partial charge in [0, 0.05) is 0 Å². The molecule has 0 radical (unpaired) electrons. The van der Waals surface area contributed by atoms with Crippen LogP contribution >= 0.6 is 0 Å². The quantitative estimate of drug-likeness (QED) is 0.622. The van der Waals surface area contributed by atoms with Crippen molar-refractivity contribution in [2.75, 3.05) is 0 Å². The number of hydrogen-bond donors (Lipinski definition) is 1. The highest BCUT2D eigenvalue weighted by atomic mass is 16.4. The number of carboxylic acids is 1. The van der Waals surface area contributed by atoms with Crippen molar-refractivity contribution in [2.45, 2.75) is 58.3 Å². The Morgan fingerprint density at radius 3 is 2.37 bits per heavy atom. The third-order valence-electron chi connectivity index (χ3n) is 3.62. The summed E-state index contributed by atoms with van der Waals surface area (Å²) in [5.41, 5.74) is 1.38. The van der Waals surface area contributed by atoms with Crippen molar-refractivity contribution in [3.05, 3.63) is 35.9 Å². The van der Waals surface area contributed by atoms with E-state index >= 15 is 0 Å². The van der Waals surface area contributed by atoms with E-state index in [1.54, 1.807) is 0 Å². The van der Waals surface area contributed by atoms with Gasteiger partial charge in [0.2, 0.25) is 0 Å². The van der Waals surface area contributed by atoms with Crippen LogP contribution in [0.1, 0.15) is 57.4 Å². The first-order chi connectivity index (χ1) is 9.24. The summed E-state index contributed by atoms with van der Waals surface area (Å²) in [5.74, 6) is -0.742. The van der Waals surface area contributed by atoms with Crippen molar-refractivity contribution < 1.29 is 9.90 Å². The molecule has 0 aromatic heterocycles. The summed E-state index contributed by atoms with van der Waals surface area (Å²) >= 11 is 0. The molecule has 1 rings (SSSR count). The number of aryl methyl sites for hydroxylation is 1. The Kier molecular flexibility index (Phi) is 7.95. The van der Waals surface area contributed by atoms with Crippen LogP contribution in [0.3, 0.4) is 0 Å². The van der Waals surface area contributed by atoms with E-state index in [0.29, 0.717) is 0 Å². The van der Waals surface area contributed by atoms with Crippen LogP contribution in [0, 0.1) is 5.92 Å². The number of aliphatic carboxylic acids is 1. The van der Waals surface area contributed by atoms with Crippen molar-refractivity contribution >= 4 is 5.97 Å². The maximum atomic E-state index is 11.1. The van der Waals surface area contributed by atoms with Crippen LogP contribution in [0.5, 0.6) is 0 Å². The lowest BCUT2D eigenvalue weighted by atomic mass is 9.95. The minimum absolute atomic E-state index is 0.128. The Morgan fingerprint density at radius 1 is 1.05 bits per heavy atom. The fourth-order valence-electron chi connectivity index (χ4n) is 2.38. The molecule has 0 amide bonds. The Bertz CT molecular complexity index is 346. The van der Waals surface area contributed by atoms with Gasteiger partial charge < -0.3 is 5.11 Å². The molecule has 0 aliphatic heterocycles. The zero-order valence-electron chi connectivity index (χ0n) is 12.0. The Labute approximate surface area is 116 Å². The van der Waals surface area contributed by atoms with Crippen molar-refractivity contribution in [3.63, 3.8) is 0 Å². The van der Waals surface area contributed by atoms with Gasteiger partial charge in [0.15, 0.2) is 0 Å². The summed E-state index contributed by atoms with van der Waals surface area (Å²) in [6.45, 7) is 2.11. The number of hydrogen-bond acceptors (Lipinski definition) is 1. The van der Waals surface area contributed by atoms with Crippen LogP contribution in [0.15, 0.2) is 30.3 Å². The minimum atomic E-state index is -0.614. The van der Waals surface area contributed by atoms with Gasteiger partial charge in [-0.3, -0.25) is 4.79 Å². The van der Waals surface area contributed by atoms with Gasteiger partial charge in [-0.2, -0.15) is 0 Å². The van der Waals surface area contributed by atoms with E-state index < -0.39 is 5.97 Å². The molecule has 1 N–H and O–H groups in total. The molecule has 0 saturated carbocycles. The number of carboxylic acid groups (broad SMARTS) is 1. The SMILES string of the molecule is CCCCC(CCCCCc1ccccc1)C(=O)O. The first-order valence-electron chi connectivity index (χ1n) is 7.50. The van der Waals surface area contributed by atoms with E-state index in [9.17, 15) is 4.79 Å². The lowest BCUT2D eigenvalue weighted by molar-refractivity contribution is -0.142. The average molecular weight is 262 g/mol. The number of benzene rings is 1. The molecule has 106 valence electrons. The molecule has 0 aliphatic rings. The van der Waals surface area contributed by atoms with E-state index in [4.69, 9.17) is 5.11 Å². The highest BCUT2D eigenvalue weighted by Gasteiger charge is 2.15. The van der Waals surface area contributed by atoms with Gasteiger partial charge in [-0.25, -0.2) is 0 Å². The molecule has 0 heterocycles. The van der Waals surface area contributed by atoms with E-state index in [0.717, 1.165) is 51.4 Å². The Balaban J connectivity index is 2.13. The molecule has 0 spiro atoms. The predicted molar refractivity (Wildman–Crippen MR) is 79.3 cm³/mol. The predicted octanol–water partition coefficient (Wildman–Crippen LogP) is 4.68. The average Bonchev–Trinajstić information content (AvgIpc) is 2.42. The Hall–Kier alpha value is -1.31. The highest BCUT2D eigenvalue weighted by Crippen LogP contribution is 2.17. The molecule has 0 bridgehead atoms. The first kappa shape index (κ1) is 15.7. The molecular weight excluding hydrogens is 236 g/mol. The molecule has 2 nitrogen and oxygen atoms in total. The van der Waals surface area contributed by atoms with E-state index in [1.165, 1.54) is 5.56 Å². The smallest absolute Gasteiger partial charge is 0.306 e. The van der Waals surface area contributed by atoms with Crippen LogP contribution in [-0.4, -0.2) is 11.1 Å². The topological polar surface area (TPSA) is 37.3 Å². The fourth-order valence-corrected chi connectivity index (χ4v) is 2.38. The van der Waals surface area contributed by atoms with Gasteiger partial charge in [0.05, 0.1) is 5.92 Å². The monoisotopic (exact) mass is 262 g/mol. The first-order valence-corrected chi connectivity index (χ1v) is 7.50. The highest BCUT2D eigenvalue weighted by molar-refractivity contribution is 5.69. The minimum Gasteiger partial charge on any atom is -0.481 e. The molecule has 19 heavy (non-hydrogen) atoms. The van der Waals surface area contributed by atoms with E-state index in [-0.39, 0.29) is 5.92 Å². The summed E-state index contributed by atoms with van der Waals surface area (Å²) in [7, 11) is 0. The number of unbranched alkanes of at least 4 members (excludes halogenated alkanes) is 3. The second-order valence-corrected chi connectivity index (χ2v) is 5.26. The fraction of sp³-hybridized carbons (Fsp3) is 0.588. The van der Waals surface area contributed by atoms with Gasteiger partial charge in [0.1, 0.15) is 0 Å². The lowest BCUT2D eigenvalue weighted by Crippen LogP contribution is -2.13. The maximum absolute atomic E-state index is 11.1. The van der Waals surface area contributed by atoms with Gasteiger partial charge in [-0.05, 0) is 31.2 Å². The summed E-state index contributed by atoms with van der Waals surface area (Å²) in [6, 6.07) is 10.5. The second-order valence-electron chi connectivity index (χ2n) is 5.26. The Morgan fingerprint density at radius 2 is 1.74 bits per heavy atom. The molecule has 1 aromatic carbocycles. The van der Waals surface area contributed by atoms with E-state index in [2.05, 4.69) is 31.2 Å². The van der Waals surface area contributed by atoms with Crippen LogP contribution in [0.2, 0.25) is 0 Å². The van der Waals surface area contributed by atoms with Gasteiger partial charge in [-0.15, -0.1) is 0 Å². The van der Waals surface area contributed by atoms with Gasteiger partial charge in [0.25, 0.3) is 0 Å². The number of carbonyl (C=O) groups is 1. The molecule has 1 atom stereocenters. The maximum Gasteiger partial charge on any atom is 0.306 e. The molecule has 0 aliphatic carbocycles. The van der Waals surface area contributed by atoms with Gasteiger partial charge >= 0.3 is 5.97 Å². The zero-order chi connectivity index (χ0) is 13.9. The molecular formula is C17H26O2. The standard InChI is InChI=1S/C17H26O2/c1-2-3-13-16(17(18)19)14-9-5-8-12-15-10-6-4-7-11-15/h4,6-7,10-11,16H,2-3,5,8-9,12-14H2,1H3,(H,18,19). The summed E-state index contributed by atoms with van der Waals surface area (Å²) in [5, 5.41) is 9.13. The summed E-state index contributed by atoms with van der Waals surface area (Å²) < 4.78 is 0. The lowest BCUT2D eigenvalue weighted by Gasteiger charge is -2.11. The van der Waals surface area contributed by atoms with Crippen molar-refractivity contribution in [1.29, 1.82) is 0 Å². The van der Waals surface area contributed by atoms with Crippen LogP contribution in [0.4, 0.5) is 0 Å². The summed E-state index contributed by atoms with van der Waals surface area (Å²) in [4.78, 5) is 11.1. The van der Waals surface area contributed by atoms with Crippen LogP contribution in [0.25, 0.3) is 0 Å². The van der Waals surface area contributed by atoms with E-state index in [1.807, 2.05) is 6.07 Å². The third kappa shape index (κ3) is 7.00. The largest absolute Gasteiger partial charge is 0.481 e. The van der Waals surface area contributed by atoms with Crippen LogP contribution < -0.4 is 0 Å². The second kappa shape index (κ2) is 9.60.